The van der Waals surface area contributed by atoms with E-state index < -0.39 is 0 Å². The van der Waals surface area contributed by atoms with E-state index in [2.05, 4.69) is 0 Å². The molecule has 0 N–H and O–H groups in total. The van der Waals surface area contributed by atoms with Gasteiger partial charge in [0.25, 0.3) is 0 Å². The van der Waals surface area contributed by atoms with E-state index >= 15 is 0 Å². The molecular formula is C30H43N3O3. The van der Waals surface area contributed by atoms with Gasteiger partial charge in [-0.25, -0.2) is 0 Å². The number of rotatable bonds is 7. The van der Waals surface area contributed by atoms with Crippen molar-refractivity contribution in [2.75, 3.05) is 42.3 Å². The third-order valence-corrected chi connectivity index (χ3v) is 6.92. The molecule has 0 unspecified atom stereocenters. The Balaban J connectivity index is 0.000000254. The molecule has 6 nitrogen and oxygen atoms in total. The number of hydrogen-bond donors (Lipinski definition) is 0. The highest BCUT2D eigenvalue weighted by atomic mass is 16.2. The number of benzene rings is 2. The van der Waals surface area contributed by atoms with Gasteiger partial charge >= 0.3 is 0 Å². The molecule has 1 aliphatic carbocycles. The van der Waals surface area contributed by atoms with Gasteiger partial charge in [0, 0.05) is 55.1 Å². The van der Waals surface area contributed by atoms with Gasteiger partial charge in [-0.3, -0.25) is 14.4 Å². The molecule has 6 heteroatoms. The molecule has 0 spiro atoms. The predicted octanol–water partition coefficient (Wildman–Crippen LogP) is 4.80. The Morgan fingerprint density at radius 3 is 1.36 bits per heavy atom. The Kier molecular flexibility index (Phi) is 11.2. The smallest absolute Gasteiger partial charge is 0.234 e. The molecular weight excluding hydrogens is 450 g/mol. The van der Waals surface area contributed by atoms with Crippen molar-refractivity contribution in [3.8, 4) is 0 Å². The SMILES string of the molecule is CN(C)C(=O)C(c1ccccc1)c1ccccc1.CN(C)C(=O)CC1(CC(=O)N(C)C)CCCCC1. The Morgan fingerprint density at radius 1 is 0.639 bits per heavy atom. The zero-order chi connectivity index (χ0) is 26.7. The second-order valence-corrected chi connectivity index (χ2v) is 10.5. The van der Waals surface area contributed by atoms with E-state index in [-0.39, 0.29) is 29.1 Å². The number of carbonyl (C=O) groups excluding carboxylic acids is 3. The molecule has 2 aromatic rings. The molecule has 3 amide bonds. The van der Waals surface area contributed by atoms with Crippen molar-refractivity contribution in [1.82, 2.24) is 14.7 Å². The first-order valence-electron chi connectivity index (χ1n) is 12.8. The van der Waals surface area contributed by atoms with Crippen LogP contribution in [0.3, 0.4) is 0 Å². The normalized spacial score (nSPS) is 14.3. The van der Waals surface area contributed by atoms with Gasteiger partial charge in [0.15, 0.2) is 0 Å². The van der Waals surface area contributed by atoms with Crippen LogP contribution >= 0.6 is 0 Å². The maximum Gasteiger partial charge on any atom is 0.234 e. The zero-order valence-corrected chi connectivity index (χ0v) is 22.9. The average Bonchev–Trinajstić information content (AvgIpc) is 2.86. The average molecular weight is 494 g/mol. The lowest BCUT2D eigenvalue weighted by atomic mass is 9.69. The minimum Gasteiger partial charge on any atom is -0.349 e. The highest BCUT2D eigenvalue weighted by Crippen LogP contribution is 2.42. The quantitative estimate of drug-likeness (QED) is 0.557. The van der Waals surface area contributed by atoms with Crippen molar-refractivity contribution in [3.05, 3.63) is 71.8 Å². The van der Waals surface area contributed by atoms with Crippen LogP contribution in [0.15, 0.2) is 60.7 Å². The first kappa shape index (κ1) is 29.1. The molecule has 0 bridgehead atoms. The van der Waals surface area contributed by atoms with Crippen molar-refractivity contribution in [2.45, 2.75) is 50.9 Å². The third kappa shape index (κ3) is 8.51. The summed E-state index contributed by atoms with van der Waals surface area (Å²) in [5, 5.41) is 0. The van der Waals surface area contributed by atoms with Gasteiger partial charge < -0.3 is 14.7 Å². The van der Waals surface area contributed by atoms with Gasteiger partial charge in [0.05, 0.1) is 5.92 Å². The summed E-state index contributed by atoms with van der Waals surface area (Å²) < 4.78 is 0. The Hall–Kier alpha value is -3.15. The van der Waals surface area contributed by atoms with E-state index in [4.69, 9.17) is 0 Å². The molecule has 0 radical (unpaired) electrons. The van der Waals surface area contributed by atoms with Crippen molar-refractivity contribution < 1.29 is 14.4 Å². The van der Waals surface area contributed by atoms with Crippen molar-refractivity contribution in [1.29, 1.82) is 0 Å². The molecule has 0 aromatic heterocycles. The lowest BCUT2D eigenvalue weighted by Gasteiger charge is -2.37. The summed E-state index contributed by atoms with van der Waals surface area (Å²) >= 11 is 0. The number of hydrogen-bond acceptors (Lipinski definition) is 3. The molecule has 0 saturated heterocycles. The van der Waals surface area contributed by atoms with Crippen LogP contribution in [-0.4, -0.2) is 74.7 Å². The molecule has 36 heavy (non-hydrogen) atoms. The second kappa shape index (κ2) is 13.8. The summed E-state index contributed by atoms with van der Waals surface area (Å²) in [6, 6.07) is 19.8. The standard InChI is InChI=1S/C16H17NO.C14H26N2O2/c1-17(2)16(18)15(13-9-5-3-6-10-13)14-11-7-4-8-12-14;1-15(2)12(17)10-14(8-6-5-7-9-14)11-13(18)16(3)4/h3-12,15H,1-2H3;5-11H2,1-4H3. The topological polar surface area (TPSA) is 60.9 Å². The van der Waals surface area contributed by atoms with E-state index in [9.17, 15) is 14.4 Å². The maximum atomic E-state index is 12.4. The summed E-state index contributed by atoms with van der Waals surface area (Å²) in [6.07, 6.45) is 6.55. The van der Waals surface area contributed by atoms with Crippen molar-refractivity contribution in [2.24, 2.45) is 5.41 Å². The van der Waals surface area contributed by atoms with E-state index in [1.54, 1.807) is 57.0 Å². The zero-order valence-electron chi connectivity index (χ0n) is 22.9. The van der Waals surface area contributed by atoms with E-state index in [1.807, 2.05) is 60.7 Å². The van der Waals surface area contributed by atoms with Gasteiger partial charge in [-0.15, -0.1) is 0 Å². The van der Waals surface area contributed by atoms with Crippen LogP contribution in [0.25, 0.3) is 0 Å². The van der Waals surface area contributed by atoms with E-state index in [0.717, 1.165) is 36.8 Å². The predicted molar refractivity (Wildman–Crippen MR) is 146 cm³/mol. The summed E-state index contributed by atoms with van der Waals surface area (Å²) in [7, 11) is 10.7. The largest absolute Gasteiger partial charge is 0.349 e. The van der Waals surface area contributed by atoms with Crippen LogP contribution in [0.1, 0.15) is 62.0 Å². The Morgan fingerprint density at radius 2 is 1.03 bits per heavy atom. The lowest BCUT2D eigenvalue weighted by molar-refractivity contribution is -0.136. The highest BCUT2D eigenvalue weighted by Gasteiger charge is 2.37. The fraction of sp³-hybridized carbons (Fsp3) is 0.500. The fourth-order valence-corrected chi connectivity index (χ4v) is 4.70. The van der Waals surface area contributed by atoms with Gasteiger partial charge in [0.2, 0.25) is 17.7 Å². The molecule has 1 saturated carbocycles. The number of carbonyl (C=O) groups is 3. The van der Waals surface area contributed by atoms with Crippen LogP contribution in [-0.2, 0) is 14.4 Å². The monoisotopic (exact) mass is 493 g/mol. The maximum absolute atomic E-state index is 12.4. The summed E-state index contributed by atoms with van der Waals surface area (Å²) in [5.74, 6) is 0.168. The van der Waals surface area contributed by atoms with E-state index in [0.29, 0.717) is 12.8 Å². The number of amides is 3. The molecule has 0 atom stereocenters. The number of likely N-dealkylation sites (N-methyl/N-ethyl adjacent to an activating group) is 1. The number of nitrogens with zero attached hydrogens (tertiary/aromatic N) is 3. The van der Waals surface area contributed by atoms with Crippen LogP contribution in [0.5, 0.6) is 0 Å². The highest BCUT2D eigenvalue weighted by molar-refractivity contribution is 5.86. The van der Waals surface area contributed by atoms with Gasteiger partial charge in [-0.1, -0.05) is 79.9 Å². The Labute approximate surface area is 217 Å². The fourth-order valence-electron chi connectivity index (χ4n) is 4.70. The lowest BCUT2D eigenvalue weighted by Crippen LogP contribution is -2.37. The van der Waals surface area contributed by atoms with Crippen molar-refractivity contribution >= 4 is 17.7 Å². The second-order valence-electron chi connectivity index (χ2n) is 10.5. The minimum atomic E-state index is -0.220. The van der Waals surface area contributed by atoms with Crippen LogP contribution in [0.2, 0.25) is 0 Å². The van der Waals surface area contributed by atoms with Crippen LogP contribution in [0, 0.1) is 5.41 Å². The van der Waals surface area contributed by atoms with Crippen molar-refractivity contribution in [3.63, 3.8) is 0 Å². The van der Waals surface area contributed by atoms with Gasteiger partial charge in [0.1, 0.15) is 0 Å². The molecule has 196 valence electrons. The first-order chi connectivity index (χ1) is 17.1. The molecule has 2 aromatic carbocycles. The van der Waals surface area contributed by atoms with Gasteiger partial charge in [-0.2, -0.15) is 0 Å². The Bertz CT molecular complexity index is 902. The molecule has 0 heterocycles. The molecule has 3 rings (SSSR count). The molecule has 1 fully saturated rings. The summed E-state index contributed by atoms with van der Waals surface area (Å²) in [4.78, 5) is 41.2. The van der Waals surface area contributed by atoms with Gasteiger partial charge in [-0.05, 0) is 29.4 Å². The van der Waals surface area contributed by atoms with Crippen LogP contribution in [0.4, 0.5) is 0 Å². The minimum absolute atomic E-state index is 0.0963. The summed E-state index contributed by atoms with van der Waals surface area (Å²) in [6.45, 7) is 0. The molecule has 0 aliphatic heterocycles. The first-order valence-corrected chi connectivity index (χ1v) is 12.8. The third-order valence-electron chi connectivity index (χ3n) is 6.92. The molecule has 1 aliphatic rings. The van der Waals surface area contributed by atoms with Crippen LogP contribution < -0.4 is 0 Å². The summed E-state index contributed by atoms with van der Waals surface area (Å²) in [5.41, 5.74) is 1.96. The van der Waals surface area contributed by atoms with E-state index in [1.165, 1.54) is 6.42 Å².